The van der Waals surface area contributed by atoms with Crippen LogP contribution in [-0.2, 0) is 0 Å². The molecule has 2 heteroatoms. The summed E-state index contributed by atoms with van der Waals surface area (Å²) >= 11 is 0. The van der Waals surface area contributed by atoms with Crippen LogP contribution in [-0.4, -0.2) is 0 Å². The Kier molecular flexibility index (Phi) is 6.97. The molecule has 1 aromatic carbocycles. The maximum atomic E-state index is 5.91. The van der Waals surface area contributed by atoms with Crippen molar-refractivity contribution in [3.63, 3.8) is 0 Å². The van der Waals surface area contributed by atoms with E-state index in [0.29, 0.717) is 11.6 Å². The minimum absolute atomic E-state index is 0.291. The zero-order valence-electron chi connectivity index (χ0n) is 13.6. The fourth-order valence-corrected chi connectivity index (χ4v) is 1.92. The van der Waals surface area contributed by atoms with Gasteiger partial charge in [0, 0.05) is 22.8 Å². The number of benzene rings is 1. The maximum absolute atomic E-state index is 5.91. The van der Waals surface area contributed by atoms with E-state index >= 15 is 0 Å². The molecule has 0 heterocycles. The minimum Gasteiger partial charge on any atom is -0.399 e. The average Bonchev–Trinajstić information content (AvgIpc) is 2.50. The van der Waals surface area contributed by atoms with Crippen molar-refractivity contribution in [2.75, 3.05) is 10.6 Å². The average molecular weight is 294 g/mol. The molecule has 0 amide bonds. The number of allylic oxidation sites excluding steroid dienone is 5. The molecule has 116 valence electrons. The number of nitrogen functional groups attached to an aromatic ring is 1. The summed E-state index contributed by atoms with van der Waals surface area (Å²) in [4.78, 5) is 1.99. The van der Waals surface area contributed by atoms with Gasteiger partial charge in [0.1, 0.15) is 0 Å². The third-order valence-electron chi connectivity index (χ3n) is 3.21. The molecule has 0 aliphatic heterocycles. The summed E-state index contributed by atoms with van der Waals surface area (Å²) in [5, 5.41) is 0. The van der Waals surface area contributed by atoms with Crippen molar-refractivity contribution in [3.8, 4) is 0 Å². The second-order valence-corrected chi connectivity index (χ2v) is 5.18. The van der Waals surface area contributed by atoms with Crippen LogP contribution in [0.25, 0.3) is 0 Å². The Bertz CT molecular complexity index is 593. The number of anilines is 2. The smallest absolute Gasteiger partial charge is 0.0481 e. The zero-order valence-corrected chi connectivity index (χ0v) is 13.6. The van der Waals surface area contributed by atoms with Gasteiger partial charge in [0.05, 0.1) is 0 Å². The first-order valence-corrected chi connectivity index (χ1v) is 7.50. The van der Waals surface area contributed by atoms with Gasteiger partial charge in [0.15, 0.2) is 0 Å². The summed E-state index contributed by atoms with van der Waals surface area (Å²) in [6, 6.07) is 7.71. The van der Waals surface area contributed by atoms with Gasteiger partial charge in [-0.15, -0.1) is 6.58 Å². The highest BCUT2D eigenvalue weighted by atomic mass is 15.1. The summed E-state index contributed by atoms with van der Waals surface area (Å²) in [6.45, 7) is 16.3. The van der Waals surface area contributed by atoms with E-state index in [1.54, 1.807) is 0 Å². The molecule has 1 aromatic rings. The van der Waals surface area contributed by atoms with Crippen LogP contribution < -0.4 is 10.6 Å². The van der Waals surface area contributed by atoms with Crippen LogP contribution in [0, 0.1) is 5.92 Å². The third-order valence-corrected chi connectivity index (χ3v) is 3.21. The molecule has 0 fully saturated rings. The fraction of sp³-hybridized carbons (Fsp3) is 0.200. The van der Waals surface area contributed by atoms with Crippen LogP contribution in [0.5, 0.6) is 0 Å². The number of nitrogens with zero attached hydrogens (tertiary/aromatic N) is 1. The second kappa shape index (κ2) is 8.73. The molecule has 0 bridgehead atoms. The molecule has 0 radical (unpaired) electrons. The molecule has 2 N–H and O–H groups in total. The summed E-state index contributed by atoms with van der Waals surface area (Å²) in [6.07, 6.45) is 11.0. The number of nitrogens with two attached hydrogens (primary N) is 1. The van der Waals surface area contributed by atoms with Gasteiger partial charge in [-0.3, -0.25) is 0 Å². The lowest BCUT2D eigenvalue weighted by Gasteiger charge is -2.26. The van der Waals surface area contributed by atoms with Crippen LogP contribution in [0.4, 0.5) is 11.4 Å². The van der Waals surface area contributed by atoms with Crippen molar-refractivity contribution >= 4 is 11.4 Å². The fourth-order valence-electron chi connectivity index (χ4n) is 1.92. The molecule has 1 unspecified atom stereocenters. The van der Waals surface area contributed by atoms with Crippen LogP contribution in [0.2, 0.25) is 0 Å². The van der Waals surface area contributed by atoms with Crippen molar-refractivity contribution in [2.45, 2.75) is 20.3 Å². The Morgan fingerprint density at radius 1 is 1.27 bits per heavy atom. The third kappa shape index (κ3) is 5.13. The van der Waals surface area contributed by atoms with Gasteiger partial charge in [0.25, 0.3) is 0 Å². The standard InChI is InChI=1S/C20H26N2/c1-6-8-10-17(4)22(18(5)14-13-16(3)7-2)20-12-9-11-19(21)15-20/h7-16H,2,4-6,21H2,1,3H3/b10-8-,14-13-. The van der Waals surface area contributed by atoms with Crippen molar-refractivity contribution in [1.82, 2.24) is 0 Å². The first kappa shape index (κ1) is 17.6. The predicted molar refractivity (Wildman–Crippen MR) is 99.5 cm³/mol. The predicted octanol–water partition coefficient (Wildman–Crippen LogP) is 5.45. The summed E-state index contributed by atoms with van der Waals surface area (Å²) in [5.74, 6) is 0.291. The molecule has 0 saturated carbocycles. The molecule has 0 aliphatic carbocycles. The van der Waals surface area contributed by atoms with Gasteiger partial charge >= 0.3 is 0 Å². The van der Waals surface area contributed by atoms with Crippen LogP contribution in [0.1, 0.15) is 20.3 Å². The van der Waals surface area contributed by atoms with E-state index in [0.717, 1.165) is 23.5 Å². The SMILES string of the molecule is C=CC(C)/C=C\C(=C)N(C(=C)/C=C\CC)c1cccc(N)c1. The summed E-state index contributed by atoms with van der Waals surface area (Å²) in [7, 11) is 0. The van der Waals surface area contributed by atoms with Crippen molar-refractivity contribution in [1.29, 1.82) is 0 Å². The van der Waals surface area contributed by atoms with Gasteiger partial charge in [-0.1, -0.05) is 51.3 Å². The molecule has 22 heavy (non-hydrogen) atoms. The molecule has 1 rings (SSSR count). The second-order valence-electron chi connectivity index (χ2n) is 5.18. The Morgan fingerprint density at radius 3 is 2.55 bits per heavy atom. The molecule has 0 spiro atoms. The normalized spacial score (nSPS) is 12.5. The van der Waals surface area contributed by atoms with Gasteiger partial charge in [-0.25, -0.2) is 0 Å². The molecule has 0 aliphatic rings. The van der Waals surface area contributed by atoms with E-state index in [-0.39, 0.29) is 0 Å². The van der Waals surface area contributed by atoms with Gasteiger partial charge in [-0.05, 0) is 42.7 Å². The van der Waals surface area contributed by atoms with Crippen molar-refractivity contribution in [3.05, 3.63) is 85.8 Å². The topological polar surface area (TPSA) is 29.3 Å². The van der Waals surface area contributed by atoms with E-state index in [4.69, 9.17) is 5.73 Å². The molecule has 0 aromatic heterocycles. The van der Waals surface area contributed by atoms with E-state index in [2.05, 4.69) is 45.7 Å². The first-order valence-electron chi connectivity index (χ1n) is 7.50. The minimum atomic E-state index is 0.291. The van der Waals surface area contributed by atoms with E-state index in [9.17, 15) is 0 Å². The van der Waals surface area contributed by atoms with E-state index < -0.39 is 0 Å². The highest BCUT2D eigenvalue weighted by Gasteiger charge is 2.11. The van der Waals surface area contributed by atoms with Gasteiger partial charge in [-0.2, -0.15) is 0 Å². The lowest BCUT2D eigenvalue weighted by Crippen LogP contribution is -2.18. The number of hydrogen-bond donors (Lipinski definition) is 1. The van der Waals surface area contributed by atoms with Crippen molar-refractivity contribution < 1.29 is 0 Å². The molecule has 0 saturated heterocycles. The zero-order chi connectivity index (χ0) is 16.5. The van der Waals surface area contributed by atoms with Crippen molar-refractivity contribution in [2.24, 2.45) is 5.92 Å². The lowest BCUT2D eigenvalue weighted by molar-refractivity contribution is 0.940. The van der Waals surface area contributed by atoms with Crippen LogP contribution >= 0.6 is 0 Å². The molecule has 1 atom stereocenters. The van der Waals surface area contributed by atoms with E-state index in [1.165, 1.54) is 0 Å². The quantitative estimate of drug-likeness (QED) is 0.392. The summed E-state index contributed by atoms with van der Waals surface area (Å²) < 4.78 is 0. The molecular weight excluding hydrogens is 268 g/mol. The first-order chi connectivity index (χ1) is 10.5. The van der Waals surface area contributed by atoms with Crippen LogP contribution in [0.15, 0.2) is 85.8 Å². The Morgan fingerprint density at radius 2 is 1.95 bits per heavy atom. The highest BCUT2D eigenvalue weighted by molar-refractivity contribution is 5.65. The number of hydrogen-bond acceptors (Lipinski definition) is 2. The number of rotatable bonds is 8. The van der Waals surface area contributed by atoms with Gasteiger partial charge < -0.3 is 10.6 Å². The van der Waals surface area contributed by atoms with Crippen LogP contribution in [0.3, 0.4) is 0 Å². The molecular formula is C20H26N2. The Labute approximate surface area is 134 Å². The largest absolute Gasteiger partial charge is 0.399 e. The maximum Gasteiger partial charge on any atom is 0.0481 e. The summed E-state index contributed by atoms with van der Waals surface area (Å²) in [5.41, 5.74) is 9.26. The monoisotopic (exact) mass is 294 g/mol. The van der Waals surface area contributed by atoms with Gasteiger partial charge in [0.2, 0.25) is 0 Å². The molecule has 2 nitrogen and oxygen atoms in total. The Balaban J connectivity index is 3.13. The Hall–Kier alpha value is -2.48. The highest BCUT2D eigenvalue weighted by Crippen LogP contribution is 2.26. The lowest BCUT2D eigenvalue weighted by atomic mass is 10.1. The van der Waals surface area contributed by atoms with E-state index in [1.807, 2.05) is 47.4 Å².